The molecule has 0 radical (unpaired) electrons. The molecule has 0 amide bonds. The summed E-state index contributed by atoms with van der Waals surface area (Å²) < 4.78 is 4.78. The highest BCUT2D eigenvalue weighted by molar-refractivity contribution is 9.10. The molecule has 1 unspecified atom stereocenters. The van der Waals surface area contributed by atoms with E-state index in [1.54, 1.807) is 11.1 Å². The zero-order valence-corrected chi connectivity index (χ0v) is 16.8. The van der Waals surface area contributed by atoms with Gasteiger partial charge in [0, 0.05) is 47.5 Å². The zero-order chi connectivity index (χ0) is 17.9. The minimum Gasteiger partial charge on any atom is -0.355 e. The summed E-state index contributed by atoms with van der Waals surface area (Å²) in [6, 6.07) is 9.40. The van der Waals surface area contributed by atoms with Crippen molar-refractivity contribution in [3.8, 4) is 12.5 Å². The molecule has 1 aliphatic rings. The molecular formula is C18H22BrClN4. The molecule has 0 saturated carbocycles. The van der Waals surface area contributed by atoms with Crippen molar-refractivity contribution < 1.29 is 0 Å². The van der Waals surface area contributed by atoms with E-state index in [0.717, 1.165) is 40.2 Å². The molecule has 2 rings (SSSR count). The summed E-state index contributed by atoms with van der Waals surface area (Å²) in [7, 11) is 3.96. The molecule has 0 bridgehead atoms. The van der Waals surface area contributed by atoms with E-state index in [0.29, 0.717) is 6.04 Å². The van der Waals surface area contributed by atoms with Gasteiger partial charge in [-0.1, -0.05) is 28.4 Å². The van der Waals surface area contributed by atoms with E-state index < -0.39 is 0 Å². The predicted octanol–water partition coefficient (Wildman–Crippen LogP) is 3.77. The first-order chi connectivity index (χ1) is 11.4. The van der Waals surface area contributed by atoms with Crippen molar-refractivity contribution in [3.05, 3.63) is 39.5 Å². The Morgan fingerprint density at radius 2 is 2.25 bits per heavy atom. The van der Waals surface area contributed by atoms with Crippen LogP contribution in [0.5, 0.6) is 0 Å². The largest absolute Gasteiger partial charge is 0.355 e. The van der Waals surface area contributed by atoms with Crippen LogP contribution in [-0.4, -0.2) is 54.3 Å². The molecule has 0 aromatic heterocycles. The molecule has 1 aromatic rings. The number of terminal acetylenes is 1. The van der Waals surface area contributed by atoms with Crippen LogP contribution >= 0.6 is 27.7 Å². The van der Waals surface area contributed by atoms with Gasteiger partial charge >= 0.3 is 0 Å². The second-order valence-electron chi connectivity index (χ2n) is 6.08. The van der Waals surface area contributed by atoms with Gasteiger partial charge in [0.1, 0.15) is 0 Å². The predicted molar refractivity (Wildman–Crippen MR) is 106 cm³/mol. The molecule has 1 saturated heterocycles. The van der Waals surface area contributed by atoms with Gasteiger partial charge in [0.25, 0.3) is 0 Å². The Kier molecular flexibility index (Phi) is 6.34. The first-order valence-electron chi connectivity index (χ1n) is 7.69. The van der Waals surface area contributed by atoms with Crippen LogP contribution < -0.4 is 0 Å². The Balaban J connectivity index is 2.64. The quantitative estimate of drug-likeness (QED) is 0.429. The van der Waals surface area contributed by atoms with Crippen molar-refractivity contribution in [2.24, 2.45) is 4.51 Å². The van der Waals surface area contributed by atoms with Crippen LogP contribution in [-0.2, 0) is 0 Å². The Hall–Kier alpha value is -1.48. The van der Waals surface area contributed by atoms with Gasteiger partial charge in [-0.25, -0.2) is 0 Å². The summed E-state index contributed by atoms with van der Waals surface area (Å²) in [5.41, 5.74) is 4.09. The second kappa shape index (κ2) is 8.06. The molecular weight excluding hydrogens is 388 g/mol. The van der Waals surface area contributed by atoms with Crippen molar-refractivity contribution in [1.29, 1.82) is 0 Å². The zero-order valence-electron chi connectivity index (χ0n) is 14.4. The molecule has 1 aliphatic heterocycles. The highest BCUT2D eigenvalue weighted by atomic mass is 79.9. The van der Waals surface area contributed by atoms with Crippen molar-refractivity contribution in [2.45, 2.75) is 19.9 Å². The van der Waals surface area contributed by atoms with Crippen molar-refractivity contribution >= 4 is 39.6 Å². The molecule has 24 heavy (non-hydrogen) atoms. The molecule has 0 aliphatic carbocycles. The standard InChI is InChI=1S/C18H22BrClN4/c1-6-22(4)17(10-21-20)18(24-11-14(3)23(5)12-24)15-7-8-16(19)13(2)9-15/h1,7-10,14H,11-12H2,2-5H3/b18-17-,21-10-. The number of nitrogens with zero attached hydrogens (tertiary/aromatic N) is 4. The van der Waals surface area contributed by atoms with Crippen LogP contribution in [0, 0.1) is 19.4 Å². The monoisotopic (exact) mass is 408 g/mol. The minimum atomic E-state index is 0.460. The van der Waals surface area contributed by atoms with Crippen molar-refractivity contribution in [3.63, 3.8) is 0 Å². The maximum atomic E-state index is 5.65. The molecule has 0 N–H and O–H groups in total. The average Bonchev–Trinajstić information content (AvgIpc) is 2.88. The lowest BCUT2D eigenvalue weighted by atomic mass is 10.1. The van der Waals surface area contributed by atoms with Crippen molar-refractivity contribution in [2.75, 3.05) is 27.3 Å². The number of likely N-dealkylation sites (N-methyl/N-ethyl adjacent to an activating group) is 1. The normalized spacial score (nSPS) is 19.5. The van der Waals surface area contributed by atoms with E-state index in [1.807, 2.05) is 7.05 Å². The maximum absolute atomic E-state index is 5.65. The first kappa shape index (κ1) is 18.9. The van der Waals surface area contributed by atoms with Gasteiger partial charge in [-0.05, 0) is 38.6 Å². The summed E-state index contributed by atoms with van der Waals surface area (Å²) in [6.07, 6.45) is 7.24. The van der Waals surface area contributed by atoms with Crippen molar-refractivity contribution in [1.82, 2.24) is 14.7 Å². The fraction of sp³-hybridized carbons (Fsp3) is 0.389. The minimum absolute atomic E-state index is 0.460. The summed E-state index contributed by atoms with van der Waals surface area (Å²) in [4.78, 5) is 6.33. The van der Waals surface area contributed by atoms with Gasteiger partial charge in [-0.3, -0.25) is 4.90 Å². The van der Waals surface area contributed by atoms with Gasteiger partial charge in [0.05, 0.1) is 24.3 Å². The van der Waals surface area contributed by atoms with Crippen LogP contribution in [0.1, 0.15) is 18.1 Å². The number of benzene rings is 1. The molecule has 1 atom stereocenters. The fourth-order valence-corrected chi connectivity index (χ4v) is 3.13. The van der Waals surface area contributed by atoms with Gasteiger partial charge < -0.3 is 9.80 Å². The van der Waals surface area contributed by atoms with E-state index in [4.69, 9.17) is 18.2 Å². The van der Waals surface area contributed by atoms with E-state index in [9.17, 15) is 0 Å². The highest BCUT2D eigenvalue weighted by Crippen LogP contribution is 2.30. The number of halogens is 2. The van der Waals surface area contributed by atoms with Crippen LogP contribution in [0.4, 0.5) is 0 Å². The Morgan fingerprint density at radius 3 is 2.75 bits per heavy atom. The van der Waals surface area contributed by atoms with E-state index in [-0.39, 0.29) is 0 Å². The first-order valence-corrected chi connectivity index (χ1v) is 8.82. The summed E-state index contributed by atoms with van der Waals surface area (Å²) in [5, 5.41) is 0. The van der Waals surface area contributed by atoms with Crippen LogP contribution in [0.15, 0.2) is 32.9 Å². The molecule has 6 heteroatoms. The lowest BCUT2D eigenvalue weighted by Crippen LogP contribution is -2.26. The number of hydrogen-bond acceptors (Lipinski definition) is 4. The number of hydrogen-bond donors (Lipinski definition) is 0. The molecule has 1 fully saturated rings. The molecule has 1 heterocycles. The van der Waals surface area contributed by atoms with Crippen LogP contribution in [0.2, 0.25) is 0 Å². The van der Waals surface area contributed by atoms with E-state index in [2.05, 4.69) is 75.4 Å². The lowest BCUT2D eigenvalue weighted by molar-refractivity contribution is 0.310. The Bertz CT molecular complexity index is 697. The smallest absolute Gasteiger partial charge is 0.0921 e. The summed E-state index contributed by atoms with van der Waals surface area (Å²) in [6.45, 7) is 6.03. The van der Waals surface area contributed by atoms with E-state index >= 15 is 0 Å². The molecule has 1 aromatic carbocycles. The average molecular weight is 410 g/mol. The maximum Gasteiger partial charge on any atom is 0.0921 e. The van der Waals surface area contributed by atoms with Gasteiger partial charge in [-0.15, -0.1) is 0 Å². The lowest BCUT2D eigenvalue weighted by Gasteiger charge is -2.27. The number of rotatable bonds is 4. The third kappa shape index (κ3) is 3.94. The third-order valence-corrected chi connectivity index (χ3v) is 5.33. The van der Waals surface area contributed by atoms with Crippen LogP contribution in [0.3, 0.4) is 0 Å². The Labute approximate surface area is 158 Å². The van der Waals surface area contributed by atoms with Crippen LogP contribution in [0.25, 0.3) is 5.70 Å². The molecule has 4 nitrogen and oxygen atoms in total. The third-order valence-electron chi connectivity index (χ3n) is 4.35. The SMILES string of the molecule is C#CN(C)C(/C=N\Cl)=C(/c1ccc(Br)c(C)c1)N1CC(C)N(C)C1. The van der Waals surface area contributed by atoms with E-state index in [1.165, 1.54) is 0 Å². The van der Waals surface area contributed by atoms with Gasteiger partial charge in [-0.2, -0.15) is 4.51 Å². The summed E-state index contributed by atoms with van der Waals surface area (Å²) in [5.74, 6) is 0. The summed E-state index contributed by atoms with van der Waals surface area (Å²) >= 11 is 9.22. The number of aryl methyl sites for hydroxylation is 1. The highest BCUT2D eigenvalue weighted by Gasteiger charge is 2.28. The molecule has 0 spiro atoms. The Morgan fingerprint density at radius 1 is 1.54 bits per heavy atom. The fourth-order valence-electron chi connectivity index (χ4n) is 2.79. The van der Waals surface area contributed by atoms with Gasteiger partial charge in [0.2, 0.25) is 0 Å². The van der Waals surface area contributed by atoms with Gasteiger partial charge in [0.15, 0.2) is 0 Å². The molecule has 128 valence electrons. The second-order valence-corrected chi connectivity index (χ2v) is 7.13. The topological polar surface area (TPSA) is 22.1 Å². The number of allylic oxidation sites excluding steroid dienone is 1.